The number of alkyl carbamates (subject to hydrolysis) is 1. The Hall–Kier alpha value is -0.730. The zero-order valence-electron chi connectivity index (χ0n) is 7.52. The van der Waals surface area contributed by atoms with Crippen LogP contribution in [0.1, 0.15) is 33.1 Å². The van der Waals surface area contributed by atoms with Crippen molar-refractivity contribution in [1.82, 2.24) is 5.32 Å². The summed E-state index contributed by atoms with van der Waals surface area (Å²) in [5, 5.41) is 2.41. The molecule has 0 fully saturated rings. The molecule has 0 heterocycles. The van der Waals surface area contributed by atoms with Crippen LogP contribution in [0.25, 0.3) is 0 Å². The van der Waals surface area contributed by atoms with Gasteiger partial charge in [-0.15, -0.1) is 0 Å². The van der Waals surface area contributed by atoms with Crippen LogP contribution in [0, 0.1) is 0 Å². The fourth-order valence-electron chi connectivity index (χ4n) is 0.792. The highest BCUT2D eigenvalue weighted by molar-refractivity contribution is 5.66. The van der Waals surface area contributed by atoms with Crippen molar-refractivity contribution < 1.29 is 9.53 Å². The predicted octanol–water partition coefficient (Wildman–Crippen LogP) is 1.92. The summed E-state index contributed by atoms with van der Waals surface area (Å²) in [6.45, 7) is 4.03. The van der Waals surface area contributed by atoms with Gasteiger partial charge in [-0.1, -0.05) is 19.8 Å². The first kappa shape index (κ1) is 10.3. The minimum atomic E-state index is -0.339. The summed E-state index contributed by atoms with van der Waals surface area (Å²) in [5.74, 6) is 0. The molecule has 0 spiro atoms. The highest BCUT2D eigenvalue weighted by Crippen LogP contribution is 2.03. The highest BCUT2D eigenvalue weighted by Gasteiger charge is 2.05. The molecule has 0 aliphatic carbocycles. The van der Waals surface area contributed by atoms with Crippen molar-refractivity contribution in [3.05, 3.63) is 0 Å². The van der Waals surface area contributed by atoms with Crippen LogP contribution in [0.5, 0.6) is 0 Å². The number of carbonyl (C=O) groups excluding carboxylic acids is 1. The van der Waals surface area contributed by atoms with E-state index in [1.54, 1.807) is 7.05 Å². The van der Waals surface area contributed by atoms with E-state index in [-0.39, 0.29) is 12.2 Å². The van der Waals surface area contributed by atoms with Gasteiger partial charge >= 0.3 is 6.09 Å². The van der Waals surface area contributed by atoms with E-state index < -0.39 is 0 Å². The van der Waals surface area contributed by atoms with Crippen LogP contribution < -0.4 is 5.32 Å². The van der Waals surface area contributed by atoms with Crippen molar-refractivity contribution >= 4 is 6.09 Å². The first-order valence-corrected chi connectivity index (χ1v) is 4.09. The maximum absolute atomic E-state index is 10.7. The number of rotatable bonds is 4. The minimum absolute atomic E-state index is 0.0369. The van der Waals surface area contributed by atoms with Crippen molar-refractivity contribution in [1.29, 1.82) is 0 Å². The van der Waals surface area contributed by atoms with E-state index in [0.29, 0.717) is 0 Å². The molecule has 0 bridgehead atoms. The molecule has 0 aromatic carbocycles. The molecule has 0 rings (SSSR count). The quantitative estimate of drug-likeness (QED) is 0.680. The molecule has 0 aromatic rings. The molecule has 11 heavy (non-hydrogen) atoms. The minimum Gasteiger partial charge on any atom is -0.447 e. The lowest BCUT2D eigenvalue weighted by molar-refractivity contribution is 0.103. The highest BCUT2D eigenvalue weighted by atomic mass is 16.6. The van der Waals surface area contributed by atoms with Crippen molar-refractivity contribution in [2.45, 2.75) is 39.2 Å². The van der Waals surface area contributed by atoms with Crippen LogP contribution in [-0.2, 0) is 4.74 Å². The normalized spacial score (nSPS) is 12.3. The van der Waals surface area contributed by atoms with Crippen LogP contribution in [0.15, 0.2) is 0 Å². The summed E-state index contributed by atoms with van der Waals surface area (Å²) in [6.07, 6.45) is 2.90. The van der Waals surface area contributed by atoms with E-state index >= 15 is 0 Å². The predicted molar refractivity (Wildman–Crippen MR) is 44.5 cm³/mol. The Kier molecular flexibility index (Phi) is 5.61. The summed E-state index contributed by atoms with van der Waals surface area (Å²) in [4.78, 5) is 10.7. The molecule has 0 aliphatic rings. The summed E-state index contributed by atoms with van der Waals surface area (Å²) < 4.78 is 4.95. The lowest BCUT2D eigenvalue weighted by Gasteiger charge is -2.11. The lowest BCUT2D eigenvalue weighted by Crippen LogP contribution is -2.24. The van der Waals surface area contributed by atoms with E-state index in [4.69, 9.17) is 4.74 Å². The smallest absolute Gasteiger partial charge is 0.407 e. The molecule has 0 radical (unpaired) electrons. The molecule has 1 amide bonds. The Balaban J connectivity index is 3.35. The van der Waals surface area contributed by atoms with Crippen molar-refractivity contribution in [3.8, 4) is 0 Å². The van der Waals surface area contributed by atoms with Gasteiger partial charge in [0.15, 0.2) is 0 Å². The average Bonchev–Trinajstić information content (AvgIpc) is 2.00. The zero-order valence-corrected chi connectivity index (χ0v) is 7.52. The molecule has 0 saturated heterocycles. The van der Waals surface area contributed by atoms with E-state index in [0.717, 1.165) is 19.3 Å². The number of hydrogen-bond acceptors (Lipinski definition) is 2. The third-order valence-electron chi connectivity index (χ3n) is 1.48. The fourth-order valence-corrected chi connectivity index (χ4v) is 0.792. The third kappa shape index (κ3) is 5.70. The Morgan fingerprint density at radius 3 is 2.73 bits per heavy atom. The molecule has 3 nitrogen and oxygen atoms in total. The Morgan fingerprint density at radius 1 is 1.64 bits per heavy atom. The van der Waals surface area contributed by atoms with E-state index in [1.165, 1.54) is 0 Å². The van der Waals surface area contributed by atoms with Gasteiger partial charge in [0.2, 0.25) is 0 Å². The van der Waals surface area contributed by atoms with Crippen molar-refractivity contribution in [2.24, 2.45) is 0 Å². The van der Waals surface area contributed by atoms with Gasteiger partial charge < -0.3 is 10.1 Å². The van der Waals surface area contributed by atoms with Crippen LogP contribution in [0.2, 0.25) is 0 Å². The van der Waals surface area contributed by atoms with Crippen LogP contribution >= 0.6 is 0 Å². The third-order valence-corrected chi connectivity index (χ3v) is 1.48. The summed E-state index contributed by atoms with van der Waals surface area (Å²) in [7, 11) is 1.56. The molecular formula is C8H17NO2. The van der Waals surface area contributed by atoms with Crippen molar-refractivity contribution in [2.75, 3.05) is 7.05 Å². The van der Waals surface area contributed by atoms with E-state index in [9.17, 15) is 4.79 Å². The second-order valence-corrected chi connectivity index (χ2v) is 2.61. The van der Waals surface area contributed by atoms with Gasteiger partial charge in [0, 0.05) is 7.05 Å². The van der Waals surface area contributed by atoms with Crippen molar-refractivity contribution in [3.63, 3.8) is 0 Å². The molecule has 0 saturated carbocycles. The monoisotopic (exact) mass is 159 g/mol. The SMILES string of the molecule is CCCCC(C)OC(=O)NC. The van der Waals surface area contributed by atoms with Gasteiger partial charge in [0.05, 0.1) is 0 Å². The van der Waals surface area contributed by atoms with Gasteiger partial charge in [-0.2, -0.15) is 0 Å². The molecule has 1 atom stereocenters. The largest absolute Gasteiger partial charge is 0.447 e. The van der Waals surface area contributed by atoms with Gasteiger partial charge in [0.25, 0.3) is 0 Å². The maximum Gasteiger partial charge on any atom is 0.407 e. The maximum atomic E-state index is 10.7. The van der Waals surface area contributed by atoms with Crippen LogP contribution in [0.3, 0.4) is 0 Å². The number of unbranched alkanes of at least 4 members (excludes halogenated alkanes) is 1. The lowest BCUT2D eigenvalue weighted by atomic mass is 10.2. The summed E-state index contributed by atoms with van der Waals surface area (Å²) in [6, 6.07) is 0. The van der Waals surface area contributed by atoms with Crippen LogP contribution in [0.4, 0.5) is 4.79 Å². The number of amides is 1. The zero-order chi connectivity index (χ0) is 8.69. The second kappa shape index (κ2) is 6.01. The van der Waals surface area contributed by atoms with Gasteiger partial charge in [-0.05, 0) is 13.3 Å². The molecule has 0 aromatic heterocycles. The summed E-state index contributed by atoms with van der Waals surface area (Å²) in [5.41, 5.74) is 0. The number of nitrogens with one attached hydrogen (secondary N) is 1. The molecule has 66 valence electrons. The summed E-state index contributed by atoms with van der Waals surface area (Å²) >= 11 is 0. The Bertz CT molecular complexity index is 115. The first-order valence-electron chi connectivity index (χ1n) is 4.09. The standard InChI is InChI=1S/C8H17NO2/c1-4-5-6-7(2)11-8(10)9-3/h7H,4-6H2,1-3H3,(H,9,10). The average molecular weight is 159 g/mol. The second-order valence-electron chi connectivity index (χ2n) is 2.61. The number of ether oxygens (including phenoxy) is 1. The number of hydrogen-bond donors (Lipinski definition) is 1. The molecule has 1 N–H and O–H groups in total. The fraction of sp³-hybridized carbons (Fsp3) is 0.875. The Labute approximate surface area is 68.1 Å². The van der Waals surface area contributed by atoms with Gasteiger partial charge in [-0.25, -0.2) is 4.79 Å². The van der Waals surface area contributed by atoms with E-state index in [2.05, 4.69) is 12.2 Å². The molecule has 3 heteroatoms. The Morgan fingerprint density at radius 2 is 2.27 bits per heavy atom. The van der Waals surface area contributed by atoms with Gasteiger partial charge in [0.1, 0.15) is 6.10 Å². The topological polar surface area (TPSA) is 38.3 Å². The number of carbonyl (C=O) groups is 1. The van der Waals surface area contributed by atoms with Gasteiger partial charge in [-0.3, -0.25) is 0 Å². The van der Waals surface area contributed by atoms with Crippen LogP contribution in [-0.4, -0.2) is 19.2 Å². The first-order chi connectivity index (χ1) is 5.20. The molecular weight excluding hydrogens is 142 g/mol. The molecule has 1 unspecified atom stereocenters. The molecule has 0 aliphatic heterocycles. The van der Waals surface area contributed by atoms with E-state index in [1.807, 2.05) is 6.92 Å².